The van der Waals surface area contributed by atoms with Gasteiger partial charge in [-0.1, -0.05) is 35.0 Å². The van der Waals surface area contributed by atoms with Gasteiger partial charge >= 0.3 is 0 Å². The molecule has 1 aromatic carbocycles. The largest absolute Gasteiger partial charge is 0.383 e. The Morgan fingerprint density at radius 2 is 1.92 bits per heavy atom. The van der Waals surface area contributed by atoms with Crippen LogP contribution < -0.4 is 10.6 Å². The molecule has 3 aromatic heterocycles. The summed E-state index contributed by atoms with van der Waals surface area (Å²) in [7, 11) is 3.17. The summed E-state index contributed by atoms with van der Waals surface area (Å²) in [5.74, 6) is 1.58. The third kappa shape index (κ3) is 5.19. The number of nitrogen functional groups attached to an aromatic ring is 1. The van der Waals surface area contributed by atoms with Crippen molar-refractivity contribution in [3.05, 3.63) is 59.5 Å². The Bertz CT molecular complexity index is 1460. The van der Waals surface area contributed by atoms with Crippen molar-refractivity contribution in [2.24, 2.45) is 11.8 Å². The van der Waals surface area contributed by atoms with E-state index in [1.54, 1.807) is 7.05 Å². The lowest BCUT2D eigenvalue weighted by Gasteiger charge is -2.35. The molecule has 38 heavy (non-hydrogen) atoms. The quantitative estimate of drug-likeness (QED) is 0.321. The van der Waals surface area contributed by atoms with Crippen LogP contribution in [0.4, 0.5) is 11.6 Å². The van der Waals surface area contributed by atoms with E-state index in [0.29, 0.717) is 17.4 Å². The van der Waals surface area contributed by atoms with Crippen LogP contribution in [0.3, 0.4) is 0 Å². The molecule has 5 rings (SSSR count). The highest BCUT2D eigenvalue weighted by molar-refractivity contribution is 9.10. The van der Waals surface area contributed by atoms with Gasteiger partial charge in [0.2, 0.25) is 5.91 Å². The van der Waals surface area contributed by atoms with E-state index in [1.807, 2.05) is 55.6 Å². The molecule has 4 aromatic rings. The van der Waals surface area contributed by atoms with Crippen molar-refractivity contribution in [2.45, 2.75) is 19.8 Å². The molecule has 1 amide bonds. The number of nitrogens with two attached hydrogens (primary N) is 1. The number of aromatic nitrogens is 4. The van der Waals surface area contributed by atoms with Gasteiger partial charge in [0.05, 0.1) is 18.2 Å². The van der Waals surface area contributed by atoms with Crippen molar-refractivity contribution < 1.29 is 9.63 Å². The van der Waals surface area contributed by atoms with Gasteiger partial charge in [-0.2, -0.15) is 0 Å². The van der Waals surface area contributed by atoms with Crippen molar-refractivity contribution in [3.63, 3.8) is 0 Å². The van der Waals surface area contributed by atoms with Crippen LogP contribution in [0.1, 0.15) is 19.8 Å². The van der Waals surface area contributed by atoms with Crippen LogP contribution in [0.15, 0.2) is 59.5 Å². The topological polar surface area (TPSA) is 110 Å². The first kappa shape index (κ1) is 26.0. The molecule has 1 saturated heterocycles. The number of halogens is 1. The van der Waals surface area contributed by atoms with Crippen LogP contribution in [0, 0.1) is 11.8 Å². The maximum atomic E-state index is 12.5. The van der Waals surface area contributed by atoms with Crippen LogP contribution in [0.2, 0.25) is 0 Å². The minimum Gasteiger partial charge on any atom is -0.383 e. The number of rotatable bonds is 6. The monoisotopic (exact) mass is 575 g/mol. The average molecular weight is 576 g/mol. The second-order valence-electron chi connectivity index (χ2n) is 9.56. The lowest BCUT2D eigenvalue weighted by Crippen LogP contribution is -2.41. The molecular formula is C28H30BrN7O2. The number of carbonyl (C=O) groups excluding carboxylic acids is 1. The highest BCUT2D eigenvalue weighted by atomic mass is 79.9. The average Bonchev–Trinajstić information content (AvgIpc) is 2.95. The molecule has 0 saturated carbocycles. The van der Waals surface area contributed by atoms with E-state index >= 15 is 0 Å². The summed E-state index contributed by atoms with van der Waals surface area (Å²) in [6.07, 6.45) is 5.14. The van der Waals surface area contributed by atoms with Gasteiger partial charge in [0.1, 0.15) is 18.0 Å². The first-order valence-electron chi connectivity index (χ1n) is 12.6. The molecule has 4 heterocycles. The summed E-state index contributed by atoms with van der Waals surface area (Å²) in [5.41, 5.74) is 10.3. The summed E-state index contributed by atoms with van der Waals surface area (Å²) in [6, 6.07) is 14.1. The molecule has 9 nitrogen and oxygen atoms in total. The van der Waals surface area contributed by atoms with Crippen LogP contribution in [0.5, 0.6) is 0 Å². The molecule has 196 valence electrons. The third-order valence-corrected chi connectivity index (χ3v) is 7.85. The number of anilines is 2. The molecule has 0 aliphatic carbocycles. The second-order valence-corrected chi connectivity index (χ2v) is 10.5. The van der Waals surface area contributed by atoms with Crippen LogP contribution in [-0.4, -0.2) is 58.2 Å². The summed E-state index contributed by atoms with van der Waals surface area (Å²) in [4.78, 5) is 38.0. The molecule has 10 heteroatoms. The number of nitrogens with zero attached hydrogens (tertiary/aromatic N) is 6. The molecule has 1 fully saturated rings. The van der Waals surface area contributed by atoms with E-state index in [-0.39, 0.29) is 11.8 Å². The van der Waals surface area contributed by atoms with E-state index in [9.17, 15) is 4.79 Å². The number of pyridine rings is 2. The van der Waals surface area contributed by atoms with Crippen LogP contribution in [0.25, 0.3) is 33.4 Å². The molecular weight excluding hydrogens is 546 g/mol. The van der Waals surface area contributed by atoms with Crippen molar-refractivity contribution in [1.29, 1.82) is 0 Å². The van der Waals surface area contributed by atoms with Gasteiger partial charge in [-0.25, -0.2) is 25.0 Å². The molecule has 1 atom stereocenters. The van der Waals surface area contributed by atoms with E-state index in [4.69, 9.17) is 20.5 Å². The number of hydrogen-bond donors (Lipinski definition) is 1. The normalized spacial score (nSPS) is 15.0. The standard InChI is InChI=1S/C28H30BrN7O2/c1-17(28(37)35(2)38-3)18-9-11-36(12-10-18)24-8-7-20(15-31-24)23-14-22(19-5-4-6-21(29)13-19)25-26(30)32-16-33-27(25)34-23/h4-8,13-18H,9-12H2,1-3H3,(H2,30,32,33,34). The Morgan fingerprint density at radius 1 is 1.13 bits per heavy atom. The summed E-state index contributed by atoms with van der Waals surface area (Å²) < 4.78 is 0.969. The molecule has 0 radical (unpaired) electrons. The Labute approximate surface area is 230 Å². The fourth-order valence-corrected chi connectivity index (χ4v) is 5.45. The number of hydrogen-bond acceptors (Lipinski definition) is 8. The fourth-order valence-electron chi connectivity index (χ4n) is 5.05. The number of fused-ring (bicyclic) bond motifs is 1. The van der Waals surface area contributed by atoms with E-state index in [0.717, 1.165) is 64.0 Å². The molecule has 2 N–H and O–H groups in total. The number of piperidine rings is 1. The zero-order valence-electron chi connectivity index (χ0n) is 21.6. The van der Waals surface area contributed by atoms with Gasteiger partial charge in [-0.05, 0) is 60.2 Å². The highest BCUT2D eigenvalue weighted by Crippen LogP contribution is 2.35. The van der Waals surface area contributed by atoms with Crippen molar-refractivity contribution in [2.75, 3.05) is 37.9 Å². The first-order valence-corrected chi connectivity index (χ1v) is 13.3. The van der Waals surface area contributed by atoms with Gasteiger partial charge in [0.15, 0.2) is 5.65 Å². The molecule has 0 spiro atoms. The molecule has 1 unspecified atom stereocenters. The van der Waals surface area contributed by atoms with E-state index in [2.05, 4.69) is 30.8 Å². The van der Waals surface area contributed by atoms with E-state index in [1.165, 1.54) is 18.5 Å². The zero-order chi connectivity index (χ0) is 26.8. The maximum Gasteiger partial charge on any atom is 0.248 e. The summed E-state index contributed by atoms with van der Waals surface area (Å²) >= 11 is 3.56. The summed E-state index contributed by atoms with van der Waals surface area (Å²) in [5, 5.41) is 2.05. The van der Waals surface area contributed by atoms with Crippen LogP contribution in [-0.2, 0) is 9.63 Å². The van der Waals surface area contributed by atoms with Gasteiger partial charge < -0.3 is 10.6 Å². The number of hydroxylamine groups is 2. The predicted octanol–water partition coefficient (Wildman–Crippen LogP) is 4.97. The Kier molecular flexibility index (Phi) is 7.53. The van der Waals surface area contributed by atoms with Gasteiger partial charge in [-0.3, -0.25) is 9.63 Å². The minimum atomic E-state index is -0.0753. The van der Waals surface area contributed by atoms with Gasteiger partial charge in [-0.15, -0.1) is 0 Å². The van der Waals surface area contributed by atoms with Gasteiger partial charge in [0.25, 0.3) is 0 Å². The van der Waals surface area contributed by atoms with Crippen molar-refractivity contribution >= 4 is 44.5 Å². The number of carbonyl (C=O) groups is 1. The van der Waals surface area contributed by atoms with E-state index < -0.39 is 0 Å². The third-order valence-electron chi connectivity index (χ3n) is 7.36. The predicted molar refractivity (Wildman–Crippen MR) is 152 cm³/mol. The number of amides is 1. The summed E-state index contributed by atoms with van der Waals surface area (Å²) in [6.45, 7) is 3.69. The first-order chi connectivity index (χ1) is 18.4. The Morgan fingerprint density at radius 3 is 2.61 bits per heavy atom. The second kappa shape index (κ2) is 11.0. The minimum absolute atomic E-state index is 0.0190. The maximum absolute atomic E-state index is 12.5. The lowest BCUT2D eigenvalue weighted by molar-refractivity contribution is -0.174. The molecule has 1 aliphatic heterocycles. The van der Waals surface area contributed by atoms with Crippen molar-refractivity contribution in [1.82, 2.24) is 25.0 Å². The Hall–Kier alpha value is -3.63. The fraction of sp³-hybridized carbons (Fsp3) is 0.321. The van der Waals surface area contributed by atoms with Crippen molar-refractivity contribution in [3.8, 4) is 22.4 Å². The smallest absolute Gasteiger partial charge is 0.248 e. The number of benzene rings is 1. The lowest BCUT2D eigenvalue weighted by atomic mass is 9.85. The van der Waals surface area contributed by atoms with Gasteiger partial charge in [0, 0.05) is 42.3 Å². The Balaban J connectivity index is 1.38. The van der Waals surface area contributed by atoms with Crippen LogP contribution >= 0.6 is 15.9 Å². The zero-order valence-corrected chi connectivity index (χ0v) is 23.2. The molecule has 0 bridgehead atoms. The molecule has 1 aliphatic rings. The highest BCUT2D eigenvalue weighted by Gasteiger charge is 2.30. The SMILES string of the molecule is CON(C)C(=O)C(C)C1CCN(c2ccc(-c3cc(-c4cccc(Br)c4)c4c(N)ncnc4n3)cn2)CC1.